The molecule has 1 aromatic rings. The fraction of sp³-hybridized carbons (Fsp3) is 0.100. The van der Waals surface area contributed by atoms with Crippen molar-refractivity contribution in [2.24, 2.45) is 0 Å². The maximum absolute atomic E-state index is 10.8. The number of benzene rings is 1. The van der Waals surface area contributed by atoms with E-state index in [9.17, 15) is 4.79 Å². The highest BCUT2D eigenvalue weighted by Gasteiger charge is 2.01. The van der Waals surface area contributed by atoms with Crippen LogP contribution in [0, 0.1) is 0 Å². The van der Waals surface area contributed by atoms with Crippen molar-refractivity contribution >= 4 is 5.91 Å². The average molecular weight is 193 g/mol. The lowest BCUT2D eigenvalue weighted by atomic mass is 10.2. The van der Waals surface area contributed by atoms with Gasteiger partial charge < -0.3 is 15.5 Å². The van der Waals surface area contributed by atoms with Gasteiger partial charge in [-0.25, -0.2) is 0 Å². The molecule has 0 aliphatic carbocycles. The summed E-state index contributed by atoms with van der Waals surface area (Å²) in [6, 6.07) is 4.36. The molecule has 0 aliphatic heterocycles. The van der Waals surface area contributed by atoms with Crippen LogP contribution in [0.3, 0.4) is 0 Å². The summed E-state index contributed by atoms with van der Waals surface area (Å²) in [7, 11) is 0. The first-order valence-corrected chi connectivity index (χ1v) is 4.04. The van der Waals surface area contributed by atoms with E-state index in [-0.39, 0.29) is 17.4 Å². The first kappa shape index (κ1) is 10.1. The first-order valence-electron chi connectivity index (χ1n) is 4.04. The van der Waals surface area contributed by atoms with Crippen LogP contribution in [-0.2, 0) is 11.3 Å². The number of nitrogens with one attached hydrogen (secondary N) is 1. The van der Waals surface area contributed by atoms with Gasteiger partial charge in [-0.2, -0.15) is 0 Å². The zero-order chi connectivity index (χ0) is 10.6. The van der Waals surface area contributed by atoms with E-state index >= 15 is 0 Å². The third kappa shape index (κ3) is 2.52. The zero-order valence-corrected chi connectivity index (χ0v) is 7.53. The number of rotatable bonds is 3. The molecule has 4 nitrogen and oxygen atoms in total. The fourth-order valence-corrected chi connectivity index (χ4v) is 0.940. The summed E-state index contributed by atoms with van der Waals surface area (Å²) < 4.78 is 0. The standard InChI is InChI=1S/C10H11NO3/c1-2-10(14)11-6-7-3-4-8(12)9(13)5-7/h2-5,12-13H,1,6H2,(H,11,14). The van der Waals surface area contributed by atoms with Gasteiger partial charge in [0.1, 0.15) is 0 Å². The largest absolute Gasteiger partial charge is 0.504 e. The molecule has 4 heteroatoms. The minimum absolute atomic E-state index is 0.177. The van der Waals surface area contributed by atoms with Crippen molar-refractivity contribution in [3.05, 3.63) is 36.4 Å². The van der Waals surface area contributed by atoms with E-state index in [1.807, 2.05) is 0 Å². The van der Waals surface area contributed by atoms with Gasteiger partial charge in [-0.1, -0.05) is 12.6 Å². The Morgan fingerprint density at radius 3 is 2.71 bits per heavy atom. The number of carbonyl (C=O) groups is 1. The molecule has 0 saturated carbocycles. The van der Waals surface area contributed by atoms with Crippen LogP contribution in [0.15, 0.2) is 30.9 Å². The van der Waals surface area contributed by atoms with E-state index in [1.165, 1.54) is 18.2 Å². The van der Waals surface area contributed by atoms with Crippen molar-refractivity contribution < 1.29 is 15.0 Å². The van der Waals surface area contributed by atoms with Crippen molar-refractivity contribution in [1.82, 2.24) is 5.32 Å². The molecule has 74 valence electrons. The number of phenolic OH excluding ortho intramolecular Hbond substituents is 2. The van der Waals surface area contributed by atoms with Crippen LogP contribution in [0.4, 0.5) is 0 Å². The van der Waals surface area contributed by atoms with Gasteiger partial charge >= 0.3 is 0 Å². The molecule has 0 atom stereocenters. The number of hydrogen-bond acceptors (Lipinski definition) is 3. The van der Waals surface area contributed by atoms with E-state index in [2.05, 4.69) is 11.9 Å². The summed E-state index contributed by atoms with van der Waals surface area (Å²) in [5, 5.41) is 20.7. The molecule has 3 N–H and O–H groups in total. The molecule has 1 rings (SSSR count). The molecule has 0 unspecified atom stereocenters. The second-order valence-corrected chi connectivity index (χ2v) is 2.74. The zero-order valence-electron chi connectivity index (χ0n) is 7.53. The first-order chi connectivity index (χ1) is 6.63. The molecule has 0 saturated heterocycles. The molecule has 0 spiro atoms. The Balaban J connectivity index is 2.64. The Labute approximate surface area is 81.5 Å². The number of carbonyl (C=O) groups excluding carboxylic acids is 1. The van der Waals surface area contributed by atoms with Crippen molar-refractivity contribution in [3.63, 3.8) is 0 Å². The molecule has 0 heterocycles. The summed E-state index contributed by atoms with van der Waals surface area (Å²) in [5.74, 6) is -0.656. The molecule has 0 aliphatic rings. The monoisotopic (exact) mass is 193 g/mol. The normalized spacial score (nSPS) is 9.43. The molecular formula is C10H11NO3. The lowest BCUT2D eigenvalue weighted by molar-refractivity contribution is -0.116. The van der Waals surface area contributed by atoms with Crippen molar-refractivity contribution in [2.75, 3.05) is 0 Å². The van der Waals surface area contributed by atoms with Gasteiger partial charge in [0.05, 0.1) is 0 Å². The molecule has 0 fully saturated rings. The molecule has 14 heavy (non-hydrogen) atoms. The Morgan fingerprint density at radius 1 is 1.43 bits per heavy atom. The lowest BCUT2D eigenvalue weighted by Crippen LogP contribution is -2.19. The second-order valence-electron chi connectivity index (χ2n) is 2.74. The van der Waals surface area contributed by atoms with Crippen molar-refractivity contribution in [1.29, 1.82) is 0 Å². The van der Waals surface area contributed by atoms with Crippen molar-refractivity contribution in [2.45, 2.75) is 6.54 Å². The van der Waals surface area contributed by atoms with Crippen LogP contribution in [0.25, 0.3) is 0 Å². The summed E-state index contributed by atoms with van der Waals surface area (Å²) >= 11 is 0. The van der Waals surface area contributed by atoms with E-state index in [4.69, 9.17) is 10.2 Å². The summed E-state index contributed by atoms with van der Waals surface area (Å²) in [6.45, 7) is 3.59. The third-order valence-corrected chi connectivity index (χ3v) is 1.69. The molecule has 0 bridgehead atoms. The van der Waals surface area contributed by atoms with Crippen LogP contribution < -0.4 is 5.32 Å². The number of aromatic hydroxyl groups is 2. The summed E-state index contributed by atoms with van der Waals surface area (Å²) in [6.07, 6.45) is 1.17. The van der Waals surface area contributed by atoms with Gasteiger partial charge in [0.15, 0.2) is 11.5 Å². The number of phenols is 2. The Kier molecular flexibility index (Phi) is 3.12. The quantitative estimate of drug-likeness (QED) is 0.493. The minimum Gasteiger partial charge on any atom is -0.504 e. The van der Waals surface area contributed by atoms with Gasteiger partial charge in [0.2, 0.25) is 5.91 Å². The predicted molar refractivity (Wildman–Crippen MR) is 51.8 cm³/mol. The van der Waals surface area contributed by atoms with Gasteiger partial charge in [-0.05, 0) is 23.8 Å². The van der Waals surface area contributed by atoms with E-state index in [0.29, 0.717) is 12.1 Å². The maximum atomic E-state index is 10.8. The number of hydrogen-bond donors (Lipinski definition) is 3. The summed E-state index contributed by atoms with van der Waals surface area (Å²) in [4.78, 5) is 10.8. The van der Waals surface area contributed by atoms with Crippen LogP contribution in [0.5, 0.6) is 11.5 Å². The average Bonchev–Trinajstić information content (AvgIpc) is 2.19. The minimum atomic E-state index is -0.280. The van der Waals surface area contributed by atoms with Crippen LogP contribution in [-0.4, -0.2) is 16.1 Å². The van der Waals surface area contributed by atoms with Crippen LogP contribution >= 0.6 is 0 Å². The topological polar surface area (TPSA) is 69.6 Å². The van der Waals surface area contributed by atoms with Crippen molar-refractivity contribution in [3.8, 4) is 11.5 Å². The number of amides is 1. The molecular weight excluding hydrogens is 182 g/mol. The third-order valence-electron chi connectivity index (χ3n) is 1.69. The fourth-order valence-electron chi connectivity index (χ4n) is 0.940. The van der Waals surface area contributed by atoms with Crippen LogP contribution in [0.1, 0.15) is 5.56 Å². The highest BCUT2D eigenvalue weighted by Crippen LogP contribution is 2.24. The Hall–Kier alpha value is -1.97. The highest BCUT2D eigenvalue weighted by atomic mass is 16.3. The SMILES string of the molecule is C=CC(=O)NCc1ccc(O)c(O)c1. The van der Waals surface area contributed by atoms with Gasteiger partial charge in [-0.3, -0.25) is 4.79 Å². The van der Waals surface area contributed by atoms with E-state index < -0.39 is 0 Å². The van der Waals surface area contributed by atoms with Crippen LogP contribution in [0.2, 0.25) is 0 Å². The molecule has 1 aromatic carbocycles. The maximum Gasteiger partial charge on any atom is 0.243 e. The predicted octanol–water partition coefficient (Wildman–Crippen LogP) is 0.900. The summed E-state index contributed by atoms with van der Waals surface area (Å²) in [5.41, 5.74) is 0.704. The van der Waals surface area contributed by atoms with E-state index in [0.717, 1.165) is 0 Å². The Morgan fingerprint density at radius 2 is 2.14 bits per heavy atom. The van der Waals surface area contributed by atoms with E-state index in [1.54, 1.807) is 6.07 Å². The molecule has 0 radical (unpaired) electrons. The smallest absolute Gasteiger partial charge is 0.243 e. The van der Waals surface area contributed by atoms with Gasteiger partial charge in [0, 0.05) is 6.54 Å². The Bertz CT molecular complexity index is 360. The second kappa shape index (κ2) is 4.32. The molecule has 1 amide bonds. The van der Waals surface area contributed by atoms with Gasteiger partial charge in [-0.15, -0.1) is 0 Å². The molecule has 0 aromatic heterocycles. The lowest BCUT2D eigenvalue weighted by Gasteiger charge is -2.03. The van der Waals surface area contributed by atoms with Gasteiger partial charge in [0.25, 0.3) is 0 Å². The highest BCUT2D eigenvalue weighted by molar-refractivity contribution is 5.86.